The van der Waals surface area contributed by atoms with Crippen LogP contribution in [0.2, 0.25) is 5.02 Å². The molecule has 8 heteroatoms. The van der Waals surface area contributed by atoms with Crippen LogP contribution in [0.25, 0.3) is 0 Å². The Morgan fingerprint density at radius 3 is 2.25 bits per heavy atom. The van der Waals surface area contributed by atoms with Gasteiger partial charge in [0.05, 0.1) is 16.4 Å². The summed E-state index contributed by atoms with van der Waals surface area (Å²) in [5, 5.41) is 0.127. The van der Waals surface area contributed by atoms with Gasteiger partial charge in [0.25, 0.3) is 10.0 Å². The molecule has 0 heterocycles. The Labute approximate surface area is 138 Å². The summed E-state index contributed by atoms with van der Waals surface area (Å²) in [5.74, 6) is 0. The minimum Gasteiger partial charge on any atom is -0.397 e. The maximum Gasteiger partial charge on any atom is 0.263 e. The van der Waals surface area contributed by atoms with E-state index in [1.807, 2.05) is 0 Å². The van der Waals surface area contributed by atoms with E-state index in [1.54, 1.807) is 24.3 Å². The molecule has 20 heavy (non-hydrogen) atoms. The summed E-state index contributed by atoms with van der Waals surface area (Å²) >= 11 is 12.4. The van der Waals surface area contributed by atoms with Gasteiger partial charge in [-0.05, 0) is 36.4 Å². The third kappa shape index (κ3) is 3.46. The summed E-state index contributed by atoms with van der Waals surface area (Å²) in [7, 11) is -3.79. The van der Waals surface area contributed by atoms with Crippen LogP contribution in [0.1, 0.15) is 0 Å². The zero-order valence-corrected chi connectivity index (χ0v) is 14.6. The van der Waals surface area contributed by atoms with E-state index < -0.39 is 10.0 Å². The predicted octanol–water partition coefficient (Wildman–Crippen LogP) is 4.25. The van der Waals surface area contributed by atoms with Crippen LogP contribution in [-0.2, 0) is 10.0 Å². The summed E-state index contributed by atoms with van der Waals surface area (Å²) in [6, 6.07) is 9.42. The summed E-state index contributed by atoms with van der Waals surface area (Å²) < 4.78 is 28.5. The van der Waals surface area contributed by atoms with Gasteiger partial charge in [-0.3, -0.25) is 4.72 Å². The SMILES string of the molecule is Nc1cc(Br)ccc1NS(=O)(=O)c1ccc(Br)cc1Cl. The molecule has 2 aromatic rings. The van der Waals surface area contributed by atoms with Gasteiger partial charge in [0.15, 0.2) is 0 Å². The molecule has 0 atom stereocenters. The second-order valence-electron chi connectivity index (χ2n) is 3.91. The van der Waals surface area contributed by atoms with E-state index in [2.05, 4.69) is 36.6 Å². The van der Waals surface area contributed by atoms with Crippen molar-refractivity contribution in [3.05, 3.63) is 50.4 Å². The molecule has 106 valence electrons. The number of nitrogen functional groups attached to an aromatic ring is 1. The van der Waals surface area contributed by atoms with Gasteiger partial charge in [0.2, 0.25) is 0 Å². The van der Waals surface area contributed by atoms with E-state index in [-0.39, 0.29) is 9.92 Å². The lowest BCUT2D eigenvalue weighted by Gasteiger charge is -2.11. The molecule has 4 nitrogen and oxygen atoms in total. The predicted molar refractivity (Wildman–Crippen MR) is 88.5 cm³/mol. The lowest BCUT2D eigenvalue weighted by molar-refractivity contribution is 0.601. The molecular formula is C12H9Br2ClN2O2S. The molecule has 0 aliphatic rings. The molecule has 0 radical (unpaired) electrons. The molecule has 0 bridgehead atoms. The van der Waals surface area contributed by atoms with Gasteiger partial charge in [-0.15, -0.1) is 0 Å². The average molecular weight is 441 g/mol. The molecular weight excluding hydrogens is 431 g/mol. The van der Waals surface area contributed by atoms with E-state index in [4.69, 9.17) is 17.3 Å². The monoisotopic (exact) mass is 438 g/mol. The molecule has 2 rings (SSSR count). The summed E-state index contributed by atoms with van der Waals surface area (Å²) in [6.45, 7) is 0. The molecule has 0 unspecified atom stereocenters. The molecule has 0 amide bonds. The van der Waals surface area contributed by atoms with Crippen LogP contribution in [0, 0.1) is 0 Å². The zero-order valence-electron chi connectivity index (χ0n) is 9.90. The Morgan fingerprint density at radius 1 is 1.05 bits per heavy atom. The van der Waals surface area contributed by atoms with Gasteiger partial charge in [0, 0.05) is 8.95 Å². The maximum absolute atomic E-state index is 12.3. The van der Waals surface area contributed by atoms with Crippen LogP contribution in [0.5, 0.6) is 0 Å². The number of hydrogen-bond acceptors (Lipinski definition) is 3. The van der Waals surface area contributed by atoms with Crippen LogP contribution >= 0.6 is 43.5 Å². The lowest BCUT2D eigenvalue weighted by atomic mass is 10.3. The van der Waals surface area contributed by atoms with Crippen molar-refractivity contribution in [2.45, 2.75) is 4.90 Å². The first-order valence-corrected chi connectivity index (χ1v) is 8.77. The van der Waals surface area contributed by atoms with Crippen molar-refractivity contribution in [1.29, 1.82) is 0 Å². The van der Waals surface area contributed by atoms with E-state index in [0.29, 0.717) is 15.8 Å². The van der Waals surface area contributed by atoms with E-state index in [9.17, 15) is 8.42 Å². The quantitative estimate of drug-likeness (QED) is 0.701. The van der Waals surface area contributed by atoms with Crippen molar-refractivity contribution in [2.75, 3.05) is 10.5 Å². The van der Waals surface area contributed by atoms with E-state index >= 15 is 0 Å². The van der Waals surface area contributed by atoms with Gasteiger partial charge in [-0.1, -0.05) is 43.5 Å². The van der Waals surface area contributed by atoms with Crippen LogP contribution in [-0.4, -0.2) is 8.42 Å². The smallest absolute Gasteiger partial charge is 0.263 e. The molecule has 0 fully saturated rings. The molecule has 2 aromatic carbocycles. The molecule has 0 aliphatic carbocycles. The Bertz CT molecular complexity index is 766. The van der Waals surface area contributed by atoms with Crippen molar-refractivity contribution in [3.63, 3.8) is 0 Å². The number of nitrogens with two attached hydrogens (primary N) is 1. The highest BCUT2D eigenvalue weighted by Crippen LogP contribution is 2.29. The highest BCUT2D eigenvalue weighted by atomic mass is 79.9. The van der Waals surface area contributed by atoms with Gasteiger partial charge >= 0.3 is 0 Å². The Kier molecular flexibility index (Phi) is 4.63. The lowest BCUT2D eigenvalue weighted by Crippen LogP contribution is -2.14. The van der Waals surface area contributed by atoms with Crippen LogP contribution in [0.3, 0.4) is 0 Å². The fourth-order valence-electron chi connectivity index (χ4n) is 1.52. The first kappa shape index (κ1) is 15.6. The first-order valence-electron chi connectivity index (χ1n) is 5.32. The highest BCUT2D eigenvalue weighted by Gasteiger charge is 2.19. The van der Waals surface area contributed by atoms with Crippen LogP contribution in [0.4, 0.5) is 11.4 Å². The van der Waals surface area contributed by atoms with Gasteiger partial charge in [-0.2, -0.15) is 0 Å². The molecule has 0 saturated carbocycles. The molecule has 0 spiro atoms. The van der Waals surface area contributed by atoms with E-state index in [1.165, 1.54) is 12.1 Å². The number of hydrogen-bond donors (Lipinski definition) is 2. The van der Waals surface area contributed by atoms with Gasteiger partial charge in [0.1, 0.15) is 4.90 Å². The second-order valence-corrected chi connectivity index (χ2v) is 7.80. The number of nitrogens with one attached hydrogen (secondary N) is 1. The Hall–Kier alpha value is -0.760. The number of rotatable bonds is 3. The fraction of sp³-hybridized carbons (Fsp3) is 0. The third-order valence-corrected chi connectivity index (χ3v) is 5.28. The summed E-state index contributed by atoms with van der Waals surface area (Å²) in [5.41, 5.74) is 6.39. The van der Waals surface area contributed by atoms with Gasteiger partial charge in [-0.25, -0.2) is 8.42 Å². The topological polar surface area (TPSA) is 72.2 Å². The largest absolute Gasteiger partial charge is 0.397 e. The fourth-order valence-corrected chi connectivity index (χ4v) is 4.02. The molecule has 0 aliphatic heterocycles. The zero-order chi connectivity index (χ0) is 14.9. The summed E-state index contributed by atoms with van der Waals surface area (Å²) in [6.07, 6.45) is 0. The van der Waals surface area contributed by atoms with Crippen molar-refractivity contribution >= 4 is 64.9 Å². The number of anilines is 2. The Balaban J connectivity index is 2.41. The average Bonchev–Trinajstić information content (AvgIpc) is 2.32. The Morgan fingerprint density at radius 2 is 1.65 bits per heavy atom. The molecule has 3 N–H and O–H groups in total. The maximum atomic E-state index is 12.3. The number of halogens is 3. The normalized spacial score (nSPS) is 11.3. The minimum atomic E-state index is -3.79. The van der Waals surface area contributed by atoms with Gasteiger partial charge < -0.3 is 5.73 Å². The van der Waals surface area contributed by atoms with Crippen molar-refractivity contribution in [1.82, 2.24) is 0 Å². The van der Waals surface area contributed by atoms with E-state index in [0.717, 1.165) is 4.47 Å². The second kappa shape index (κ2) is 5.93. The standard InChI is InChI=1S/C12H9Br2ClN2O2S/c13-7-2-4-12(9(15)5-7)20(18,19)17-11-3-1-8(14)6-10(11)16/h1-6,17H,16H2. The minimum absolute atomic E-state index is 0.00955. The van der Waals surface area contributed by atoms with Crippen LogP contribution in [0.15, 0.2) is 50.2 Å². The molecule has 0 saturated heterocycles. The highest BCUT2D eigenvalue weighted by molar-refractivity contribution is 9.10. The number of benzene rings is 2. The van der Waals surface area contributed by atoms with Crippen molar-refractivity contribution < 1.29 is 8.42 Å². The van der Waals surface area contributed by atoms with Crippen LogP contribution < -0.4 is 10.5 Å². The van der Waals surface area contributed by atoms with Crippen molar-refractivity contribution in [3.8, 4) is 0 Å². The first-order chi connectivity index (χ1) is 9.29. The third-order valence-electron chi connectivity index (χ3n) is 2.44. The summed E-state index contributed by atoms with van der Waals surface area (Å²) in [4.78, 5) is -0.00955. The van der Waals surface area contributed by atoms with Crippen molar-refractivity contribution in [2.24, 2.45) is 0 Å². The number of sulfonamides is 1. The molecule has 0 aromatic heterocycles.